The van der Waals surface area contributed by atoms with E-state index in [0.29, 0.717) is 26.9 Å². The number of imide groups is 1. The maximum atomic E-state index is 12.9. The highest BCUT2D eigenvalue weighted by Crippen LogP contribution is 2.36. The Hall–Kier alpha value is -2.97. The van der Waals surface area contributed by atoms with Crippen molar-refractivity contribution in [1.82, 2.24) is 4.90 Å². The summed E-state index contributed by atoms with van der Waals surface area (Å²) in [6.45, 7) is 0.0577. The predicted molar refractivity (Wildman–Crippen MR) is 137 cm³/mol. The molecule has 1 saturated heterocycles. The largest absolute Gasteiger partial charge is 0.493 e. The summed E-state index contributed by atoms with van der Waals surface area (Å²) in [5.41, 5.74) is 1.40. The van der Waals surface area contributed by atoms with Gasteiger partial charge >= 0.3 is 5.97 Å². The first-order valence-corrected chi connectivity index (χ1v) is 12.1. The molecule has 1 aliphatic rings. The van der Waals surface area contributed by atoms with E-state index < -0.39 is 17.1 Å². The first-order chi connectivity index (χ1) is 16.8. The molecule has 1 heterocycles. The van der Waals surface area contributed by atoms with Crippen LogP contribution in [0.15, 0.2) is 65.6 Å². The number of carbonyl (C=O) groups is 3. The number of rotatable bonds is 6. The van der Waals surface area contributed by atoms with Crippen molar-refractivity contribution in [1.29, 1.82) is 0 Å². The molecule has 1 aliphatic heterocycles. The molecule has 35 heavy (non-hydrogen) atoms. The van der Waals surface area contributed by atoms with Crippen LogP contribution in [0.3, 0.4) is 0 Å². The van der Waals surface area contributed by atoms with Gasteiger partial charge in [0.15, 0.2) is 11.5 Å². The van der Waals surface area contributed by atoms with Gasteiger partial charge in [-0.15, -0.1) is 0 Å². The minimum absolute atomic E-state index is 0.0577. The van der Waals surface area contributed by atoms with Gasteiger partial charge in [0.1, 0.15) is 0 Å². The zero-order valence-electron chi connectivity index (χ0n) is 18.1. The van der Waals surface area contributed by atoms with Gasteiger partial charge in [0, 0.05) is 0 Å². The topological polar surface area (TPSA) is 72.9 Å². The lowest BCUT2D eigenvalue weighted by atomic mass is 10.1. The van der Waals surface area contributed by atoms with Crippen LogP contribution in [-0.2, 0) is 11.3 Å². The van der Waals surface area contributed by atoms with Gasteiger partial charge < -0.3 is 9.47 Å². The molecule has 3 aromatic carbocycles. The Balaban J connectivity index is 1.56. The van der Waals surface area contributed by atoms with E-state index in [-0.39, 0.29) is 27.8 Å². The molecule has 0 radical (unpaired) electrons. The fraction of sp³-hybridized carbons (Fsp3) is 0.0800. The Morgan fingerprint density at radius 1 is 0.943 bits per heavy atom. The van der Waals surface area contributed by atoms with Crippen LogP contribution < -0.4 is 9.47 Å². The van der Waals surface area contributed by atoms with Crippen molar-refractivity contribution in [3.05, 3.63) is 97.3 Å². The average molecular weight is 549 g/mol. The second-order valence-corrected chi connectivity index (χ2v) is 9.51. The molecule has 1 fully saturated rings. The molecule has 6 nitrogen and oxygen atoms in total. The molecule has 0 atom stereocenters. The summed E-state index contributed by atoms with van der Waals surface area (Å²) in [6.07, 6.45) is 1.55. The van der Waals surface area contributed by atoms with E-state index in [2.05, 4.69) is 0 Å². The van der Waals surface area contributed by atoms with E-state index in [4.69, 9.17) is 44.3 Å². The molecular formula is C25H16Cl3NO5S. The molecule has 0 unspecified atom stereocenters. The van der Waals surface area contributed by atoms with E-state index in [0.717, 1.165) is 16.7 Å². The fourth-order valence-electron chi connectivity index (χ4n) is 3.25. The van der Waals surface area contributed by atoms with E-state index in [1.807, 2.05) is 0 Å². The Morgan fingerprint density at radius 2 is 1.71 bits per heavy atom. The van der Waals surface area contributed by atoms with Gasteiger partial charge in [-0.1, -0.05) is 59.1 Å². The molecular weight excluding hydrogens is 533 g/mol. The number of benzene rings is 3. The third kappa shape index (κ3) is 5.65. The van der Waals surface area contributed by atoms with Gasteiger partial charge in [-0.25, -0.2) is 4.79 Å². The number of esters is 1. The average Bonchev–Trinajstić information content (AvgIpc) is 3.09. The fourth-order valence-corrected chi connectivity index (χ4v) is 4.62. The molecule has 0 aromatic heterocycles. The van der Waals surface area contributed by atoms with Crippen LogP contribution in [0.5, 0.6) is 11.5 Å². The van der Waals surface area contributed by atoms with E-state index in [1.54, 1.807) is 66.7 Å². The summed E-state index contributed by atoms with van der Waals surface area (Å²) in [5, 5.41) is 0.563. The van der Waals surface area contributed by atoms with E-state index in [1.165, 1.54) is 7.11 Å². The van der Waals surface area contributed by atoms with E-state index in [9.17, 15) is 14.4 Å². The molecule has 178 valence electrons. The van der Waals surface area contributed by atoms with Crippen LogP contribution in [0.4, 0.5) is 4.79 Å². The summed E-state index contributed by atoms with van der Waals surface area (Å²) >= 11 is 18.9. The molecule has 0 N–H and O–H groups in total. The normalized spacial score (nSPS) is 14.5. The number of amides is 2. The van der Waals surface area contributed by atoms with Gasteiger partial charge in [0.25, 0.3) is 11.1 Å². The maximum Gasteiger partial charge on any atom is 0.345 e. The van der Waals surface area contributed by atoms with Gasteiger partial charge in [-0.2, -0.15) is 0 Å². The smallest absolute Gasteiger partial charge is 0.345 e. The number of thioether (sulfide) groups is 1. The lowest BCUT2D eigenvalue weighted by molar-refractivity contribution is -0.123. The molecule has 4 rings (SSSR count). The van der Waals surface area contributed by atoms with Gasteiger partial charge in [-0.3, -0.25) is 14.5 Å². The predicted octanol–water partition coefficient (Wildman–Crippen LogP) is 7.11. The first-order valence-electron chi connectivity index (χ1n) is 10.1. The first kappa shape index (κ1) is 25.1. The number of hydrogen-bond acceptors (Lipinski definition) is 6. The standard InChI is InChI=1S/C25H16Cl3NO5S/c1-33-20-9-7-14(11-21(20)34-24(31)16-4-2-3-5-17(16)26)12-22-23(30)29(25(32)35-22)13-15-6-8-18(27)19(28)10-15/h2-12H,13H2,1H3/b22-12-. The summed E-state index contributed by atoms with van der Waals surface area (Å²) in [6, 6.07) is 16.2. The van der Waals surface area contributed by atoms with Crippen molar-refractivity contribution in [2.24, 2.45) is 0 Å². The van der Waals surface area contributed by atoms with Crippen LogP contribution in [0.2, 0.25) is 15.1 Å². The number of methoxy groups -OCH3 is 1. The lowest BCUT2D eigenvalue weighted by Gasteiger charge is -2.13. The maximum absolute atomic E-state index is 12.9. The van der Waals surface area contributed by atoms with Crippen molar-refractivity contribution < 1.29 is 23.9 Å². The van der Waals surface area contributed by atoms with E-state index >= 15 is 0 Å². The van der Waals surface area contributed by atoms with Crippen LogP contribution in [-0.4, -0.2) is 29.1 Å². The highest BCUT2D eigenvalue weighted by Gasteiger charge is 2.35. The summed E-state index contributed by atoms with van der Waals surface area (Å²) < 4.78 is 10.8. The van der Waals surface area contributed by atoms with Crippen LogP contribution in [0, 0.1) is 0 Å². The lowest BCUT2D eigenvalue weighted by Crippen LogP contribution is -2.27. The highest BCUT2D eigenvalue weighted by atomic mass is 35.5. The quantitative estimate of drug-likeness (QED) is 0.186. The SMILES string of the molecule is COc1ccc(/C=C2\SC(=O)N(Cc3ccc(Cl)c(Cl)c3)C2=O)cc1OC(=O)c1ccccc1Cl. The van der Waals surface area contributed by atoms with Crippen molar-refractivity contribution in [3.63, 3.8) is 0 Å². The summed E-state index contributed by atoms with van der Waals surface area (Å²) in [7, 11) is 1.44. The summed E-state index contributed by atoms with van der Waals surface area (Å²) in [5.74, 6) is -0.652. The number of hydrogen-bond donors (Lipinski definition) is 0. The number of carbonyl (C=O) groups excluding carboxylic acids is 3. The molecule has 2 amide bonds. The van der Waals surface area contributed by atoms with Gasteiger partial charge in [0.2, 0.25) is 0 Å². The minimum atomic E-state index is -0.659. The molecule has 0 aliphatic carbocycles. The Morgan fingerprint density at radius 3 is 2.43 bits per heavy atom. The van der Waals surface area contributed by atoms with Gasteiger partial charge in [-0.05, 0) is 65.4 Å². The Labute approximate surface area is 220 Å². The van der Waals surface area contributed by atoms with Crippen LogP contribution in [0.25, 0.3) is 6.08 Å². The highest BCUT2D eigenvalue weighted by molar-refractivity contribution is 8.18. The molecule has 0 saturated carbocycles. The Kier molecular flexibility index (Phi) is 7.72. The van der Waals surface area contributed by atoms with Crippen LogP contribution >= 0.6 is 46.6 Å². The number of halogens is 3. The zero-order valence-corrected chi connectivity index (χ0v) is 21.2. The molecule has 0 bridgehead atoms. The van der Waals surface area contributed by atoms with Crippen LogP contribution in [0.1, 0.15) is 21.5 Å². The number of ether oxygens (including phenoxy) is 2. The number of nitrogens with zero attached hydrogens (tertiary/aromatic N) is 1. The Bertz CT molecular complexity index is 1370. The summed E-state index contributed by atoms with van der Waals surface area (Å²) in [4.78, 5) is 39.4. The van der Waals surface area contributed by atoms with Gasteiger partial charge in [0.05, 0.1) is 39.2 Å². The molecule has 0 spiro atoms. The second kappa shape index (κ2) is 10.7. The molecule has 3 aromatic rings. The third-order valence-electron chi connectivity index (χ3n) is 4.98. The minimum Gasteiger partial charge on any atom is -0.493 e. The molecule has 10 heteroatoms. The second-order valence-electron chi connectivity index (χ2n) is 7.30. The van der Waals surface area contributed by atoms with Crippen molar-refractivity contribution in [3.8, 4) is 11.5 Å². The monoisotopic (exact) mass is 547 g/mol. The zero-order chi connectivity index (χ0) is 25.1. The third-order valence-corrected chi connectivity index (χ3v) is 6.96. The van der Waals surface area contributed by atoms with Crippen molar-refractivity contribution >= 4 is 69.8 Å². The van der Waals surface area contributed by atoms with Crippen molar-refractivity contribution in [2.75, 3.05) is 7.11 Å². The van der Waals surface area contributed by atoms with Crippen molar-refractivity contribution in [2.45, 2.75) is 6.54 Å².